The molecule has 0 saturated carbocycles. The van der Waals surface area contributed by atoms with Gasteiger partial charge in [0.15, 0.2) is 5.82 Å². The highest BCUT2D eigenvalue weighted by atomic mass is 19.4. The van der Waals surface area contributed by atoms with Gasteiger partial charge in [-0.3, -0.25) is 15.6 Å². The first-order valence-corrected chi connectivity index (χ1v) is 4.90. The van der Waals surface area contributed by atoms with Crippen molar-refractivity contribution in [1.82, 2.24) is 10.4 Å². The fourth-order valence-electron chi connectivity index (χ4n) is 0.999. The van der Waals surface area contributed by atoms with Crippen molar-refractivity contribution in [1.29, 1.82) is 0 Å². The SMILES string of the molecule is CC(C)C(=O)NNc1ncccc1C(F)(F)F. The molecule has 1 amide bonds. The van der Waals surface area contributed by atoms with Crippen LogP contribution in [0.5, 0.6) is 0 Å². The summed E-state index contributed by atoms with van der Waals surface area (Å²) in [5.74, 6) is -1.17. The molecular formula is C10H12F3N3O. The van der Waals surface area contributed by atoms with Gasteiger partial charge in [0.25, 0.3) is 0 Å². The zero-order valence-electron chi connectivity index (χ0n) is 9.30. The first-order valence-electron chi connectivity index (χ1n) is 4.90. The van der Waals surface area contributed by atoms with Crippen LogP contribution in [0, 0.1) is 5.92 Å². The normalized spacial score (nSPS) is 11.4. The third-order valence-electron chi connectivity index (χ3n) is 1.94. The van der Waals surface area contributed by atoms with Crippen molar-refractivity contribution in [2.75, 3.05) is 5.43 Å². The number of aromatic nitrogens is 1. The number of rotatable bonds is 3. The van der Waals surface area contributed by atoms with Crippen LogP contribution in [-0.4, -0.2) is 10.9 Å². The summed E-state index contributed by atoms with van der Waals surface area (Å²) in [5, 5.41) is 0. The Bertz CT molecular complexity index is 404. The highest BCUT2D eigenvalue weighted by molar-refractivity contribution is 5.79. The lowest BCUT2D eigenvalue weighted by molar-refractivity contribution is -0.137. The lowest BCUT2D eigenvalue weighted by Crippen LogP contribution is -2.34. The summed E-state index contributed by atoms with van der Waals surface area (Å²) in [6.45, 7) is 3.25. The number of halogens is 3. The molecule has 0 aliphatic rings. The Kier molecular flexibility index (Phi) is 3.93. The van der Waals surface area contributed by atoms with Crippen LogP contribution < -0.4 is 10.9 Å². The Balaban J connectivity index is 2.82. The average molecular weight is 247 g/mol. The van der Waals surface area contributed by atoms with E-state index in [0.717, 1.165) is 6.07 Å². The first kappa shape index (κ1) is 13.3. The van der Waals surface area contributed by atoms with E-state index in [9.17, 15) is 18.0 Å². The predicted octanol–water partition coefficient (Wildman–Crippen LogP) is 2.20. The van der Waals surface area contributed by atoms with Crippen molar-refractivity contribution >= 4 is 11.7 Å². The molecule has 17 heavy (non-hydrogen) atoms. The van der Waals surface area contributed by atoms with Crippen LogP contribution in [0.4, 0.5) is 19.0 Å². The summed E-state index contributed by atoms with van der Waals surface area (Å²) in [4.78, 5) is 14.7. The van der Waals surface area contributed by atoms with Crippen molar-refractivity contribution in [3.8, 4) is 0 Å². The number of amides is 1. The van der Waals surface area contributed by atoms with Gasteiger partial charge in [0.1, 0.15) is 0 Å². The molecule has 0 unspecified atom stereocenters. The van der Waals surface area contributed by atoms with Crippen molar-refractivity contribution in [2.24, 2.45) is 5.92 Å². The van der Waals surface area contributed by atoms with Gasteiger partial charge < -0.3 is 0 Å². The van der Waals surface area contributed by atoms with Crippen LogP contribution in [0.3, 0.4) is 0 Å². The molecule has 7 heteroatoms. The van der Waals surface area contributed by atoms with Gasteiger partial charge in [-0.25, -0.2) is 4.98 Å². The van der Waals surface area contributed by atoms with Gasteiger partial charge >= 0.3 is 6.18 Å². The zero-order valence-corrected chi connectivity index (χ0v) is 9.30. The summed E-state index contributed by atoms with van der Waals surface area (Å²) in [7, 11) is 0. The lowest BCUT2D eigenvalue weighted by Gasteiger charge is -2.14. The second-order valence-corrected chi connectivity index (χ2v) is 3.67. The standard InChI is InChI=1S/C10H12F3N3O/c1-6(2)9(17)16-15-8-7(10(11,12)13)4-3-5-14-8/h3-6H,1-2H3,(H,14,15)(H,16,17). The molecule has 0 bridgehead atoms. The van der Waals surface area contributed by atoms with Crippen molar-refractivity contribution < 1.29 is 18.0 Å². The summed E-state index contributed by atoms with van der Waals surface area (Å²) in [6, 6.07) is 2.06. The Morgan fingerprint density at radius 1 is 1.41 bits per heavy atom. The molecule has 4 nitrogen and oxygen atoms in total. The van der Waals surface area contributed by atoms with E-state index in [2.05, 4.69) is 15.8 Å². The number of carbonyl (C=O) groups excluding carboxylic acids is 1. The maximum Gasteiger partial charge on any atom is 0.420 e. The van der Waals surface area contributed by atoms with E-state index >= 15 is 0 Å². The van der Waals surface area contributed by atoms with E-state index in [1.54, 1.807) is 13.8 Å². The number of hydrazine groups is 1. The van der Waals surface area contributed by atoms with Gasteiger partial charge in [-0.2, -0.15) is 13.2 Å². The van der Waals surface area contributed by atoms with Gasteiger partial charge in [-0.1, -0.05) is 13.8 Å². The zero-order chi connectivity index (χ0) is 13.1. The molecule has 1 aromatic heterocycles. The van der Waals surface area contributed by atoms with E-state index in [1.165, 1.54) is 12.3 Å². The van der Waals surface area contributed by atoms with Gasteiger partial charge in [0, 0.05) is 12.1 Å². The second-order valence-electron chi connectivity index (χ2n) is 3.67. The summed E-state index contributed by atoms with van der Waals surface area (Å²) in [5.41, 5.74) is 3.40. The molecule has 0 aliphatic carbocycles. The van der Waals surface area contributed by atoms with E-state index in [1.807, 2.05) is 0 Å². The van der Waals surface area contributed by atoms with Crippen LogP contribution >= 0.6 is 0 Å². The van der Waals surface area contributed by atoms with Crippen LogP contribution in [0.1, 0.15) is 19.4 Å². The molecule has 0 spiro atoms. The quantitative estimate of drug-likeness (QED) is 0.805. The second kappa shape index (κ2) is 5.03. The van der Waals surface area contributed by atoms with Crippen molar-refractivity contribution in [3.05, 3.63) is 23.9 Å². The van der Waals surface area contributed by atoms with Gasteiger partial charge in [-0.15, -0.1) is 0 Å². The number of hydrogen-bond acceptors (Lipinski definition) is 3. The van der Waals surface area contributed by atoms with E-state index in [-0.39, 0.29) is 5.92 Å². The Morgan fingerprint density at radius 2 is 2.06 bits per heavy atom. The molecular weight excluding hydrogens is 235 g/mol. The van der Waals surface area contributed by atoms with Gasteiger partial charge in [0.05, 0.1) is 5.56 Å². The first-order chi connectivity index (χ1) is 7.82. The molecule has 0 saturated heterocycles. The third kappa shape index (κ3) is 3.61. The van der Waals surface area contributed by atoms with E-state index in [0.29, 0.717) is 0 Å². The number of alkyl halides is 3. The van der Waals surface area contributed by atoms with Gasteiger partial charge in [0.2, 0.25) is 5.91 Å². The predicted molar refractivity (Wildman–Crippen MR) is 55.8 cm³/mol. The van der Waals surface area contributed by atoms with Crippen molar-refractivity contribution in [2.45, 2.75) is 20.0 Å². The van der Waals surface area contributed by atoms with Crippen LogP contribution in [0.15, 0.2) is 18.3 Å². The highest BCUT2D eigenvalue weighted by Gasteiger charge is 2.34. The third-order valence-corrected chi connectivity index (χ3v) is 1.94. The summed E-state index contributed by atoms with van der Waals surface area (Å²) >= 11 is 0. The minimum Gasteiger partial charge on any atom is -0.281 e. The van der Waals surface area contributed by atoms with Gasteiger partial charge in [-0.05, 0) is 12.1 Å². The minimum atomic E-state index is -4.51. The number of nitrogens with one attached hydrogen (secondary N) is 2. The minimum absolute atomic E-state index is 0.333. The molecule has 0 radical (unpaired) electrons. The van der Waals surface area contributed by atoms with Crippen molar-refractivity contribution in [3.63, 3.8) is 0 Å². The Hall–Kier alpha value is -1.79. The summed E-state index contributed by atoms with van der Waals surface area (Å²) in [6.07, 6.45) is -3.31. The number of carbonyl (C=O) groups is 1. The fourth-order valence-corrected chi connectivity index (χ4v) is 0.999. The van der Waals surface area contributed by atoms with E-state index in [4.69, 9.17) is 0 Å². The molecule has 1 heterocycles. The Morgan fingerprint density at radius 3 is 2.59 bits per heavy atom. The maximum absolute atomic E-state index is 12.5. The summed E-state index contributed by atoms with van der Waals surface area (Å²) < 4.78 is 37.6. The number of hydrogen-bond donors (Lipinski definition) is 2. The Labute approximate surface area is 96.2 Å². The van der Waals surface area contributed by atoms with Crippen LogP contribution in [0.25, 0.3) is 0 Å². The maximum atomic E-state index is 12.5. The number of pyridine rings is 1. The molecule has 2 N–H and O–H groups in total. The molecule has 1 aromatic rings. The molecule has 0 fully saturated rings. The highest BCUT2D eigenvalue weighted by Crippen LogP contribution is 2.32. The topological polar surface area (TPSA) is 54.0 Å². The monoisotopic (exact) mass is 247 g/mol. The lowest BCUT2D eigenvalue weighted by atomic mass is 10.2. The number of nitrogens with zero attached hydrogens (tertiary/aromatic N) is 1. The fraction of sp³-hybridized carbons (Fsp3) is 0.400. The van der Waals surface area contributed by atoms with E-state index < -0.39 is 23.5 Å². The van der Waals surface area contributed by atoms with Crippen LogP contribution in [0.2, 0.25) is 0 Å². The molecule has 0 atom stereocenters. The van der Waals surface area contributed by atoms with Crippen LogP contribution in [-0.2, 0) is 11.0 Å². The molecule has 1 rings (SSSR count). The largest absolute Gasteiger partial charge is 0.420 e. The average Bonchev–Trinajstić information content (AvgIpc) is 2.24. The molecule has 0 aromatic carbocycles. The molecule has 0 aliphatic heterocycles. The smallest absolute Gasteiger partial charge is 0.281 e. The number of anilines is 1. The molecule has 94 valence electrons.